The van der Waals surface area contributed by atoms with E-state index in [1.165, 1.54) is 12.1 Å². The average Bonchev–Trinajstić information content (AvgIpc) is 3.10. The molecule has 0 spiro atoms. The number of non-ortho nitro benzene ring substituents is 1. The fourth-order valence-electron chi connectivity index (χ4n) is 2.64. The van der Waals surface area contributed by atoms with E-state index < -0.39 is 11.0 Å². The number of nitrogens with zero attached hydrogens (tertiary/aromatic N) is 3. The smallest absolute Gasteiger partial charge is 0.270 e. The van der Waals surface area contributed by atoms with Gasteiger partial charge >= 0.3 is 0 Å². The van der Waals surface area contributed by atoms with Gasteiger partial charge in [-0.15, -0.1) is 0 Å². The molecule has 0 amide bonds. The lowest BCUT2D eigenvalue weighted by Gasteiger charge is -2.14. The molecular formula is C19H19N3O4. The molecule has 1 aromatic heterocycles. The Morgan fingerprint density at radius 2 is 2.00 bits per heavy atom. The summed E-state index contributed by atoms with van der Waals surface area (Å²) >= 11 is 0. The van der Waals surface area contributed by atoms with E-state index >= 15 is 0 Å². The first-order chi connectivity index (χ1) is 12.6. The molecule has 1 atom stereocenters. The van der Waals surface area contributed by atoms with Crippen LogP contribution in [0.3, 0.4) is 0 Å². The quantitative estimate of drug-likeness (QED) is 0.496. The highest BCUT2D eigenvalue weighted by molar-refractivity contribution is 5.59. The first-order valence-corrected chi connectivity index (χ1v) is 8.19. The number of hydrogen-bond donors (Lipinski definition) is 1. The molecule has 1 N–H and O–H groups in total. The number of aromatic nitrogens is 2. The van der Waals surface area contributed by atoms with E-state index in [0.29, 0.717) is 18.0 Å². The lowest BCUT2D eigenvalue weighted by molar-refractivity contribution is -0.384. The summed E-state index contributed by atoms with van der Waals surface area (Å²) in [4.78, 5) is 14.8. The van der Waals surface area contributed by atoms with E-state index in [0.717, 1.165) is 5.56 Å². The molecule has 0 aliphatic heterocycles. The summed E-state index contributed by atoms with van der Waals surface area (Å²) in [6.45, 7) is 0.897. The highest BCUT2D eigenvalue weighted by atomic mass is 16.6. The summed E-state index contributed by atoms with van der Waals surface area (Å²) in [6, 6.07) is 16.0. The molecule has 0 bridgehead atoms. The second-order valence-electron chi connectivity index (χ2n) is 5.87. The van der Waals surface area contributed by atoms with Gasteiger partial charge in [-0.1, -0.05) is 42.5 Å². The summed E-state index contributed by atoms with van der Waals surface area (Å²) in [5, 5.41) is 21.2. The summed E-state index contributed by atoms with van der Waals surface area (Å²) in [6.07, 6.45) is 2.62. The molecule has 0 saturated heterocycles. The average molecular weight is 353 g/mol. The van der Waals surface area contributed by atoms with Gasteiger partial charge in [-0.05, 0) is 5.56 Å². The van der Waals surface area contributed by atoms with E-state index in [2.05, 4.69) is 4.98 Å². The summed E-state index contributed by atoms with van der Waals surface area (Å²) in [7, 11) is 0. The SMILES string of the molecule is O=[N+]([O-])c1cccc(-c2nccn2C[C@H](O)COCc2ccccc2)c1. The van der Waals surface area contributed by atoms with E-state index in [-0.39, 0.29) is 18.8 Å². The monoisotopic (exact) mass is 353 g/mol. The first-order valence-electron chi connectivity index (χ1n) is 8.19. The van der Waals surface area contributed by atoms with Crippen molar-refractivity contribution < 1.29 is 14.8 Å². The molecule has 0 aliphatic carbocycles. The molecular weight excluding hydrogens is 334 g/mol. The summed E-state index contributed by atoms with van der Waals surface area (Å²) in [5.41, 5.74) is 1.67. The van der Waals surface area contributed by atoms with Crippen LogP contribution in [0.2, 0.25) is 0 Å². The van der Waals surface area contributed by atoms with E-state index in [1.54, 1.807) is 29.1 Å². The lowest BCUT2D eigenvalue weighted by atomic mass is 10.2. The van der Waals surface area contributed by atoms with Gasteiger partial charge in [0.1, 0.15) is 5.82 Å². The van der Waals surface area contributed by atoms with Gasteiger partial charge in [-0.25, -0.2) is 4.98 Å². The van der Waals surface area contributed by atoms with Crippen LogP contribution in [0.5, 0.6) is 0 Å². The van der Waals surface area contributed by atoms with E-state index in [1.807, 2.05) is 30.3 Å². The van der Waals surface area contributed by atoms with Crippen molar-refractivity contribution in [3.63, 3.8) is 0 Å². The van der Waals surface area contributed by atoms with Crippen LogP contribution >= 0.6 is 0 Å². The van der Waals surface area contributed by atoms with Crippen LogP contribution in [0.1, 0.15) is 5.56 Å². The van der Waals surface area contributed by atoms with Crippen molar-refractivity contribution in [3.8, 4) is 11.4 Å². The molecule has 134 valence electrons. The van der Waals surface area contributed by atoms with E-state index in [9.17, 15) is 15.2 Å². The van der Waals surface area contributed by atoms with Crippen LogP contribution in [-0.4, -0.2) is 32.3 Å². The topological polar surface area (TPSA) is 90.4 Å². The van der Waals surface area contributed by atoms with Crippen LogP contribution in [0.15, 0.2) is 67.0 Å². The highest BCUT2D eigenvalue weighted by Gasteiger charge is 2.13. The third-order valence-corrected chi connectivity index (χ3v) is 3.86. The van der Waals surface area contributed by atoms with Crippen molar-refractivity contribution in [2.75, 3.05) is 6.61 Å². The number of rotatable bonds is 8. The maximum Gasteiger partial charge on any atom is 0.270 e. The number of aliphatic hydroxyl groups excluding tert-OH is 1. The largest absolute Gasteiger partial charge is 0.389 e. The zero-order valence-corrected chi connectivity index (χ0v) is 14.1. The van der Waals surface area contributed by atoms with Crippen molar-refractivity contribution in [3.05, 3.63) is 82.7 Å². The second-order valence-corrected chi connectivity index (χ2v) is 5.87. The van der Waals surface area contributed by atoms with Crippen molar-refractivity contribution >= 4 is 5.69 Å². The third-order valence-electron chi connectivity index (χ3n) is 3.86. The van der Waals surface area contributed by atoms with Gasteiger partial charge in [-0.2, -0.15) is 0 Å². The Labute approximate surface area is 150 Å². The molecule has 0 radical (unpaired) electrons. The van der Waals surface area contributed by atoms with E-state index in [4.69, 9.17) is 4.74 Å². The number of aliphatic hydroxyl groups is 1. The molecule has 7 heteroatoms. The Morgan fingerprint density at radius 1 is 1.19 bits per heavy atom. The molecule has 1 heterocycles. The van der Waals surface area contributed by atoms with Gasteiger partial charge in [0.15, 0.2) is 0 Å². The predicted molar refractivity (Wildman–Crippen MR) is 96.4 cm³/mol. The van der Waals surface area contributed by atoms with Crippen LogP contribution in [-0.2, 0) is 17.9 Å². The minimum absolute atomic E-state index is 0.00351. The number of benzene rings is 2. The maximum atomic E-state index is 10.9. The Morgan fingerprint density at radius 3 is 2.77 bits per heavy atom. The van der Waals surface area contributed by atoms with Crippen molar-refractivity contribution in [1.29, 1.82) is 0 Å². The van der Waals surface area contributed by atoms with Crippen molar-refractivity contribution in [2.45, 2.75) is 19.3 Å². The standard InChI is InChI=1S/C19H19N3O4/c23-18(14-26-13-15-5-2-1-3-6-15)12-21-10-9-20-19(21)16-7-4-8-17(11-16)22(24)25/h1-11,18,23H,12-14H2/t18-/m0/s1. The summed E-state index contributed by atoms with van der Waals surface area (Å²) in [5.74, 6) is 0.566. The highest BCUT2D eigenvalue weighted by Crippen LogP contribution is 2.22. The minimum Gasteiger partial charge on any atom is -0.389 e. The third kappa shape index (κ3) is 4.53. The molecule has 3 rings (SSSR count). The van der Waals surface area contributed by atoms with Gasteiger partial charge in [0.2, 0.25) is 0 Å². The molecule has 0 saturated carbocycles. The molecule has 0 unspecified atom stereocenters. The van der Waals surface area contributed by atoms with Crippen LogP contribution < -0.4 is 0 Å². The summed E-state index contributed by atoms with van der Waals surface area (Å²) < 4.78 is 7.31. The predicted octanol–water partition coefficient (Wildman–Crippen LogP) is 3.04. The molecule has 0 aliphatic rings. The molecule has 0 fully saturated rings. The minimum atomic E-state index is -0.717. The number of imidazole rings is 1. The Hall–Kier alpha value is -3.03. The van der Waals surface area contributed by atoms with Crippen LogP contribution in [0.4, 0.5) is 5.69 Å². The molecule has 7 nitrogen and oxygen atoms in total. The van der Waals surface area contributed by atoms with Gasteiger partial charge in [0, 0.05) is 30.1 Å². The van der Waals surface area contributed by atoms with Gasteiger partial charge in [0.05, 0.1) is 30.8 Å². The van der Waals surface area contributed by atoms with Gasteiger partial charge in [-0.3, -0.25) is 10.1 Å². The molecule has 2 aromatic carbocycles. The second kappa shape index (κ2) is 8.37. The lowest BCUT2D eigenvalue weighted by Crippen LogP contribution is -2.22. The Kier molecular flexibility index (Phi) is 5.73. The zero-order chi connectivity index (χ0) is 18.4. The zero-order valence-electron chi connectivity index (χ0n) is 14.1. The molecule has 26 heavy (non-hydrogen) atoms. The van der Waals surface area contributed by atoms with Crippen LogP contribution in [0, 0.1) is 10.1 Å². The maximum absolute atomic E-state index is 10.9. The fourth-order valence-corrected chi connectivity index (χ4v) is 2.64. The number of nitro groups is 1. The number of nitro benzene ring substituents is 1. The van der Waals surface area contributed by atoms with Gasteiger partial charge in [0.25, 0.3) is 5.69 Å². The Bertz CT molecular complexity index is 864. The van der Waals surface area contributed by atoms with Gasteiger partial charge < -0.3 is 14.4 Å². The normalized spacial score (nSPS) is 12.0. The first kappa shape index (κ1) is 17.8. The van der Waals surface area contributed by atoms with Crippen molar-refractivity contribution in [1.82, 2.24) is 9.55 Å². The molecule has 3 aromatic rings. The number of hydrogen-bond acceptors (Lipinski definition) is 5. The number of ether oxygens (including phenoxy) is 1. The van der Waals surface area contributed by atoms with Crippen LogP contribution in [0.25, 0.3) is 11.4 Å². The Balaban J connectivity index is 1.61. The fraction of sp³-hybridized carbons (Fsp3) is 0.211. The van der Waals surface area contributed by atoms with Crippen molar-refractivity contribution in [2.24, 2.45) is 0 Å².